The lowest BCUT2D eigenvalue weighted by Crippen LogP contribution is -2.29. The minimum Gasteiger partial charge on any atom is -0.369 e. The van der Waals surface area contributed by atoms with Crippen LogP contribution in [-0.2, 0) is 4.79 Å². The first-order valence-electron chi connectivity index (χ1n) is 5.08. The molecular formula is C10H13NO. The second kappa shape index (κ2) is 1.45. The molecule has 0 spiro atoms. The Morgan fingerprint density at radius 1 is 1.00 bits per heavy atom. The lowest BCUT2D eigenvalue weighted by molar-refractivity contribution is -0.123. The van der Waals surface area contributed by atoms with Crippen LogP contribution in [0.4, 0.5) is 0 Å². The second-order valence-corrected chi connectivity index (χ2v) is 5.20. The first kappa shape index (κ1) is 6.01. The zero-order chi connectivity index (χ0) is 8.03. The zero-order valence-corrected chi connectivity index (χ0v) is 6.94. The summed E-state index contributed by atoms with van der Waals surface area (Å²) in [5, 5.41) is 0. The van der Waals surface area contributed by atoms with Crippen molar-refractivity contribution in [3.63, 3.8) is 0 Å². The number of rotatable bonds is 1. The van der Waals surface area contributed by atoms with Gasteiger partial charge in [-0.1, -0.05) is 0 Å². The van der Waals surface area contributed by atoms with E-state index in [1.54, 1.807) is 0 Å². The maximum Gasteiger partial charge on any atom is 0.220 e. The first-order chi connectivity index (χ1) is 5.79. The molecule has 5 aliphatic carbocycles. The molecule has 5 aliphatic rings. The Hall–Kier alpha value is -0.530. The molecule has 12 heavy (non-hydrogen) atoms. The molecule has 2 heteroatoms. The largest absolute Gasteiger partial charge is 0.369 e. The summed E-state index contributed by atoms with van der Waals surface area (Å²) in [4.78, 5) is 11.1. The van der Waals surface area contributed by atoms with Crippen LogP contribution in [0, 0.1) is 41.4 Å². The number of amides is 1. The molecule has 6 bridgehead atoms. The van der Waals surface area contributed by atoms with Crippen LogP contribution in [0.15, 0.2) is 0 Å². The standard InChI is InChI=1S/C10H13NO/c11-10(12)6-2-4-3-1-5-7(4)9(5)8(3)6/h3-9H,1-2H2,(H2,11,12). The van der Waals surface area contributed by atoms with Crippen molar-refractivity contribution in [3.8, 4) is 0 Å². The highest BCUT2D eigenvalue weighted by Gasteiger charge is 2.78. The van der Waals surface area contributed by atoms with Gasteiger partial charge in [0.05, 0.1) is 0 Å². The first-order valence-corrected chi connectivity index (χ1v) is 5.08. The summed E-state index contributed by atoms with van der Waals surface area (Å²) >= 11 is 0. The van der Waals surface area contributed by atoms with Crippen molar-refractivity contribution in [2.45, 2.75) is 12.8 Å². The van der Waals surface area contributed by atoms with Crippen LogP contribution in [0.2, 0.25) is 0 Å². The molecule has 0 saturated heterocycles. The van der Waals surface area contributed by atoms with Gasteiger partial charge in [0, 0.05) is 5.92 Å². The molecule has 2 N–H and O–H groups in total. The van der Waals surface area contributed by atoms with Crippen LogP contribution in [0.5, 0.6) is 0 Å². The second-order valence-electron chi connectivity index (χ2n) is 5.20. The Labute approximate surface area is 71.5 Å². The summed E-state index contributed by atoms with van der Waals surface area (Å²) in [7, 11) is 0. The average Bonchev–Trinajstić information content (AvgIpc) is 2.45. The summed E-state index contributed by atoms with van der Waals surface area (Å²) in [5.74, 6) is 5.87. The fourth-order valence-electron chi connectivity index (χ4n) is 5.04. The molecule has 0 aromatic carbocycles. The Bertz CT molecular complexity index is 288. The quantitative estimate of drug-likeness (QED) is 0.605. The predicted molar refractivity (Wildman–Crippen MR) is 42.9 cm³/mol. The molecule has 0 heterocycles. The van der Waals surface area contributed by atoms with Crippen molar-refractivity contribution in [3.05, 3.63) is 0 Å². The van der Waals surface area contributed by atoms with Gasteiger partial charge in [0.1, 0.15) is 0 Å². The summed E-state index contributed by atoms with van der Waals surface area (Å²) in [6, 6.07) is 0. The molecule has 0 aromatic heterocycles. The van der Waals surface area contributed by atoms with Gasteiger partial charge in [-0.3, -0.25) is 4.79 Å². The fourth-order valence-corrected chi connectivity index (χ4v) is 5.04. The van der Waals surface area contributed by atoms with E-state index in [9.17, 15) is 4.79 Å². The summed E-state index contributed by atoms with van der Waals surface area (Å²) < 4.78 is 0. The van der Waals surface area contributed by atoms with E-state index in [0.717, 1.165) is 41.9 Å². The van der Waals surface area contributed by atoms with Crippen molar-refractivity contribution in [1.82, 2.24) is 0 Å². The van der Waals surface area contributed by atoms with Gasteiger partial charge in [-0.25, -0.2) is 0 Å². The molecule has 7 atom stereocenters. The lowest BCUT2D eigenvalue weighted by Gasteiger charge is -2.17. The smallest absolute Gasteiger partial charge is 0.220 e. The van der Waals surface area contributed by atoms with Gasteiger partial charge in [-0.05, 0) is 48.3 Å². The highest BCUT2D eigenvalue weighted by atomic mass is 16.1. The van der Waals surface area contributed by atoms with Crippen LogP contribution in [0.3, 0.4) is 0 Å². The van der Waals surface area contributed by atoms with Crippen molar-refractivity contribution < 1.29 is 4.79 Å². The highest BCUT2D eigenvalue weighted by Crippen LogP contribution is 2.81. The van der Waals surface area contributed by atoms with Crippen LogP contribution in [0.1, 0.15) is 12.8 Å². The topological polar surface area (TPSA) is 43.1 Å². The van der Waals surface area contributed by atoms with Gasteiger partial charge in [-0.2, -0.15) is 0 Å². The minimum atomic E-state index is -0.0153. The number of hydrogen-bond acceptors (Lipinski definition) is 1. The molecule has 64 valence electrons. The maximum absolute atomic E-state index is 11.1. The highest BCUT2D eigenvalue weighted by molar-refractivity contribution is 5.78. The molecule has 2 nitrogen and oxygen atoms in total. The van der Waals surface area contributed by atoms with E-state index in [-0.39, 0.29) is 11.8 Å². The molecular weight excluding hydrogens is 150 g/mol. The number of hydrogen-bond donors (Lipinski definition) is 1. The van der Waals surface area contributed by atoms with Gasteiger partial charge >= 0.3 is 0 Å². The molecule has 5 fully saturated rings. The molecule has 0 aliphatic heterocycles. The third-order valence-electron chi connectivity index (χ3n) is 5.18. The fraction of sp³-hybridized carbons (Fsp3) is 0.900. The predicted octanol–water partition coefficient (Wildman–Crippen LogP) is 0.620. The molecule has 5 saturated carbocycles. The normalized spacial score (nSPS) is 68.8. The Balaban J connectivity index is 1.79. The summed E-state index contributed by atoms with van der Waals surface area (Å²) in [6.07, 6.45) is 2.58. The van der Waals surface area contributed by atoms with E-state index in [1.807, 2.05) is 0 Å². The maximum atomic E-state index is 11.1. The summed E-state index contributed by atoms with van der Waals surface area (Å²) in [6.45, 7) is 0. The van der Waals surface area contributed by atoms with Crippen LogP contribution >= 0.6 is 0 Å². The van der Waals surface area contributed by atoms with Gasteiger partial charge in [-0.15, -0.1) is 0 Å². The third-order valence-corrected chi connectivity index (χ3v) is 5.18. The Morgan fingerprint density at radius 3 is 2.25 bits per heavy atom. The monoisotopic (exact) mass is 163 g/mol. The van der Waals surface area contributed by atoms with E-state index in [2.05, 4.69) is 0 Å². The molecule has 0 aromatic rings. The Kier molecular flexibility index (Phi) is 0.724. The average molecular weight is 163 g/mol. The van der Waals surface area contributed by atoms with E-state index in [1.165, 1.54) is 6.42 Å². The molecule has 7 unspecified atom stereocenters. The Morgan fingerprint density at radius 2 is 1.75 bits per heavy atom. The zero-order valence-electron chi connectivity index (χ0n) is 6.94. The van der Waals surface area contributed by atoms with Gasteiger partial charge in [0.25, 0.3) is 0 Å². The SMILES string of the molecule is NC(=O)C1CC2C3CC4C2C4C13. The van der Waals surface area contributed by atoms with E-state index < -0.39 is 0 Å². The van der Waals surface area contributed by atoms with E-state index >= 15 is 0 Å². The molecule has 1 amide bonds. The number of carbonyl (C=O) groups is 1. The van der Waals surface area contributed by atoms with Crippen molar-refractivity contribution >= 4 is 5.91 Å². The minimum absolute atomic E-state index is 0.0153. The van der Waals surface area contributed by atoms with Crippen LogP contribution < -0.4 is 5.73 Å². The van der Waals surface area contributed by atoms with Crippen molar-refractivity contribution in [2.24, 2.45) is 47.2 Å². The number of nitrogens with two attached hydrogens (primary N) is 1. The number of primary amides is 1. The third kappa shape index (κ3) is 0.395. The van der Waals surface area contributed by atoms with Crippen molar-refractivity contribution in [2.75, 3.05) is 0 Å². The van der Waals surface area contributed by atoms with Gasteiger partial charge < -0.3 is 5.73 Å². The van der Waals surface area contributed by atoms with Gasteiger partial charge in [0.15, 0.2) is 0 Å². The van der Waals surface area contributed by atoms with E-state index in [4.69, 9.17) is 5.73 Å². The van der Waals surface area contributed by atoms with Crippen LogP contribution in [0.25, 0.3) is 0 Å². The number of carbonyl (C=O) groups excluding carboxylic acids is 1. The summed E-state index contributed by atoms with van der Waals surface area (Å²) in [5.41, 5.74) is 5.41. The van der Waals surface area contributed by atoms with Crippen molar-refractivity contribution in [1.29, 1.82) is 0 Å². The molecule has 5 rings (SSSR count). The molecule has 0 radical (unpaired) electrons. The van der Waals surface area contributed by atoms with Crippen LogP contribution in [-0.4, -0.2) is 5.91 Å². The van der Waals surface area contributed by atoms with E-state index in [0.29, 0.717) is 0 Å². The van der Waals surface area contributed by atoms with Gasteiger partial charge in [0.2, 0.25) is 5.91 Å². The lowest BCUT2D eigenvalue weighted by atomic mass is 9.88.